The molecular formula is C15H16N4OS. The van der Waals surface area contributed by atoms with E-state index in [9.17, 15) is 4.79 Å². The van der Waals surface area contributed by atoms with Crippen LogP contribution < -0.4 is 10.6 Å². The molecule has 1 saturated carbocycles. The fraction of sp³-hybridized carbons (Fsp3) is 0.400. The van der Waals surface area contributed by atoms with Crippen LogP contribution in [0.3, 0.4) is 0 Å². The number of nitrogens with one attached hydrogen (secondary N) is 2. The summed E-state index contributed by atoms with van der Waals surface area (Å²) in [5.74, 6) is 0.572. The van der Waals surface area contributed by atoms with E-state index in [0.29, 0.717) is 11.0 Å². The van der Waals surface area contributed by atoms with Crippen LogP contribution in [0, 0.1) is 0 Å². The second-order valence-corrected chi connectivity index (χ2v) is 6.62. The molecule has 6 heteroatoms. The summed E-state index contributed by atoms with van der Waals surface area (Å²) >= 11 is 1.48. The molecule has 1 unspecified atom stereocenters. The molecule has 2 aliphatic carbocycles. The smallest absolute Gasteiger partial charge is 0.321 e. The van der Waals surface area contributed by atoms with Gasteiger partial charge in [0.1, 0.15) is 5.01 Å². The molecular weight excluding hydrogens is 284 g/mol. The molecule has 2 amide bonds. The summed E-state index contributed by atoms with van der Waals surface area (Å²) in [5.41, 5.74) is 2.55. The second kappa shape index (κ2) is 5.11. The Kier molecular flexibility index (Phi) is 3.11. The first kappa shape index (κ1) is 12.8. The van der Waals surface area contributed by atoms with Gasteiger partial charge in [0.05, 0.1) is 6.04 Å². The van der Waals surface area contributed by atoms with Crippen molar-refractivity contribution in [2.75, 3.05) is 5.32 Å². The normalized spacial score (nSPS) is 20.1. The maximum atomic E-state index is 12.1. The minimum atomic E-state index is -0.199. The molecule has 0 bridgehead atoms. The van der Waals surface area contributed by atoms with Crippen LogP contribution in [0.5, 0.6) is 0 Å². The molecule has 2 aromatic rings. The zero-order valence-corrected chi connectivity index (χ0v) is 12.3. The third kappa shape index (κ3) is 2.63. The summed E-state index contributed by atoms with van der Waals surface area (Å²) in [6, 6.07) is 8.17. The fourth-order valence-electron chi connectivity index (χ4n) is 2.78. The zero-order chi connectivity index (χ0) is 14.2. The van der Waals surface area contributed by atoms with Crippen molar-refractivity contribution in [1.82, 2.24) is 15.5 Å². The minimum absolute atomic E-state index is 0.0945. The summed E-state index contributed by atoms with van der Waals surface area (Å²) in [5, 5.41) is 15.6. The third-order valence-electron chi connectivity index (χ3n) is 4.03. The predicted octanol–water partition coefficient (Wildman–Crippen LogP) is 3.22. The molecule has 108 valence electrons. The van der Waals surface area contributed by atoms with Crippen LogP contribution in [0.1, 0.15) is 47.4 Å². The van der Waals surface area contributed by atoms with Gasteiger partial charge in [0, 0.05) is 5.92 Å². The standard InChI is InChI=1S/C15H16N4OS/c20-14(17-15-19-18-13(21-15)10-5-6-10)16-12-8-7-9-3-1-2-4-11(9)12/h1-4,10,12H,5-8H2,(H2,16,17,19,20). The van der Waals surface area contributed by atoms with E-state index in [4.69, 9.17) is 0 Å². The Morgan fingerprint density at radius 2 is 2.05 bits per heavy atom. The van der Waals surface area contributed by atoms with E-state index in [2.05, 4.69) is 33.0 Å². The lowest BCUT2D eigenvalue weighted by Crippen LogP contribution is -2.31. The molecule has 0 radical (unpaired) electrons. The van der Waals surface area contributed by atoms with E-state index in [1.54, 1.807) is 0 Å². The molecule has 1 fully saturated rings. The molecule has 1 heterocycles. The maximum Gasteiger partial charge on any atom is 0.321 e. The highest BCUT2D eigenvalue weighted by atomic mass is 32.1. The summed E-state index contributed by atoms with van der Waals surface area (Å²) in [6.45, 7) is 0. The zero-order valence-electron chi connectivity index (χ0n) is 11.5. The quantitative estimate of drug-likeness (QED) is 0.914. The van der Waals surface area contributed by atoms with Crippen molar-refractivity contribution in [2.24, 2.45) is 0 Å². The monoisotopic (exact) mass is 300 g/mol. The summed E-state index contributed by atoms with van der Waals surface area (Å²) < 4.78 is 0. The van der Waals surface area contributed by atoms with E-state index < -0.39 is 0 Å². The van der Waals surface area contributed by atoms with Gasteiger partial charge in [0.15, 0.2) is 0 Å². The lowest BCUT2D eigenvalue weighted by atomic mass is 10.1. The first-order valence-electron chi connectivity index (χ1n) is 7.28. The van der Waals surface area contributed by atoms with Crippen LogP contribution in [0.25, 0.3) is 0 Å². The van der Waals surface area contributed by atoms with Crippen LogP contribution >= 0.6 is 11.3 Å². The number of aromatic nitrogens is 2. The highest BCUT2D eigenvalue weighted by Gasteiger charge is 2.28. The molecule has 2 aliphatic rings. The van der Waals surface area contributed by atoms with Crippen LogP contribution in [-0.2, 0) is 6.42 Å². The Hall–Kier alpha value is -1.95. The van der Waals surface area contributed by atoms with Crippen LogP contribution in [0.4, 0.5) is 9.93 Å². The minimum Gasteiger partial charge on any atom is -0.331 e. The van der Waals surface area contributed by atoms with Gasteiger partial charge in [-0.1, -0.05) is 35.6 Å². The van der Waals surface area contributed by atoms with Crippen molar-refractivity contribution >= 4 is 22.5 Å². The summed E-state index contributed by atoms with van der Waals surface area (Å²) in [4.78, 5) is 12.1. The molecule has 2 N–H and O–H groups in total. The number of benzene rings is 1. The van der Waals surface area contributed by atoms with Crippen molar-refractivity contribution in [3.8, 4) is 0 Å². The van der Waals surface area contributed by atoms with Crippen molar-refractivity contribution in [3.05, 3.63) is 40.4 Å². The van der Waals surface area contributed by atoms with Crippen molar-refractivity contribution in [3.63, 3.8) is 0 Å². The number of hydrogen-bond acceptors (Lipinski definition) is 4. The van der Waals surface area contributed by atoms with Gasteiger partial charge in [-0.05, 0) is 36.8 Å². The Morgan fingerprint density at radius 3 is 2.90 bits per heavy atom. The number of amides is 2. The summed E-state index contributed by atoms with van der Waals surface area (Å²) in [7, 11) is 0. The van der Waals surface area contributed by atoms with Crippen LogP contribution in [0.2, 0.25) is 0 Å². The van der Waals surface area contributed by atoms with Gasteiger partial charge in [0.2, 0.25) is 5.13 Å². The first-order chi connectivity index (χ1) is 10.3. The van der Waals surface area contributed by atoms with Crippen molar-refractivity contribution < 1.29 is 4.79 Å². The number of anilines is 1. The number of urea groups is 1. The molecule has 21 heavy (non-hydrogen) atoms. The maximum absolute atomic E-state index is 12.1. The fourth-order valence-corrected chi connectivity index (χ4v) is 3.69. The topological polar surface area (TPSA) is 66.9 Å². The van der Waals surface area contributed by atoms with E-state index in [1.807, 2.05) is 12.1 Å². The van der Waals surface area contributed by atoms with Crippen LogP contribution in [0.15, 0.2) is 24.3 Å². The van der Waals surface area contributed by atoms with E-state index in [1.165, 1.54) is 35.3 Å². The number of aryl methyl sites for hydroxylation is 1. The molecule has 5 nitrogen and oxygen atoms in total. The molecule has 1 aromatic heterocycles. The Labute approximate surface area is 126 Å². The Morgan fingerprint density at radius 1 is 1.19 bits per heavy atom. The van der Waals surface area contributed by atoms with Gasteiger partial charge in [-0.15, -0.1) is 10.2 Å². The van der Waals surface area contributed by atoms with Gasteiger partial charge in [-0.25, -0.2) is 4.79 Å². The lowest BCUT2D eigenvalue weighted by Gasteiger charge is -2.13. The van der Waals surface area contributed by atoms with E-state index >= 15 is 0 Å². The second-order valence-electron chi connectivity index (χ2n) is 5.61. The SMILES string of the molecule is O=C(Nc1nnc(C2CC2)s1)NC1CCc2ccccc21. The molecule has 0 saturated heterocycles. The number of rotatable bonds is 3. The molecule has 1 atom stereocenters. The van der Waals surface area contributed by atoms with Gasteiger partial charge >= 0.3 is 6.03 Å². The molecule has 1 aromatic carbocycles. The number of nitrogens with zero attached hydrogens (tertiary/aromatic N) is 2. The van der Waals surface area contributed by atoms with Crippen LogP contribution in [-0.4, -0.2) is 16.2 Å². The molecule has 0 aliphatic heterocycles. The third-order valence-corrected chi connectivity index (χ3v) is 5.03. The van der Waals surface area contributed by atoms with Gasteiger partial charge in [-0.2, -0.15) is 0 Å². The molecule has 0 spiro atoms. The van der Waals surface area contributed by atoms with Gasteiger partial charge in [-0.3, -0.25) is 5.32 Å². The predicted molar refractivity (Wildman–Crippen MR) is 81.5 cm³/mol. The number of carbonyl (C=O) groups is 1. The van der Waals surface area contributed by atoms with Gasteiger partial charge < -0.3 is 5.32 Å². The van der Waals surface area contributed by atoms with E-state index in [-0.39, 0.29) is 12.1 Å². The highest BCUT2D eigenvalue weighted by molar-refractivity contribution is 7.15. The Bertz CT molecular complexity index is 680. The number of hydrogen-bond donors (Lipinski definition) is 2. The largest absolute Gasteiger partial charge is 0.331 e. The lowest BCUT2D eigenvalue weighted by molar-refractivity contribution is 0.248. The van der Waals surface area contributed by atoms with Crippen molar-refractivity contribution in [2.45, 2.75) is 37.6 Å². The summed E-state index contributed by atoms with van der Waals surface area (Å²) in [6.07, 6.45) is 4.36. The van der Waals surface area contributed by atoms with Gasteiger partial charge in [0.25, 0.3) is 0 Å². The Balaban J connectivity index is 1.39. The molecule has 4 rings (SSSR count). The highest BCUT2D eigenvalue weighted by Crippen LogP contribution is 2.42. The van der Waals surface area contributed by atoms with Crippen molar-refractivity contribution in [1.29, 1.82) is 0 Å². The number of carbonyl (C=O) groups excluding carboxylic acids is 1. The number of fused-ring (bicyclic) bond motifs is 1. The average molecular weight is 300 g/mol. The first-order valence-corrected chi connectivity index (χ1v) is 8.10. The average Bonchev–Trinajstić information content (AvgIpc) is 3.12. The van der Waals surface area contributed by atoms with E-state index in [0.717, 1.165) is 17.8 Å².